The molecule has 0 spiro atoms. The summed E-state index contributed by atoms with van der Waals surface area (Å²) in [4.78, 5) is 0. The highest BCUT2D eigenvalue weighted by Crippen LogP contribution is 2.19. The van der Waals surface area contributed by atoms with Crippen LogP contribution in [0.25, 0.3) is 0 Å². The summed E-state index contributed by atoms with van der Waals surface area (Å²) in [6.45, 7) is 4.94. The fourth-order valence-electron chi connectivity index (χ4n) is 1.47. The number of rotatable bonds is 7. The van der Waals surface area contributed by atoms with E-state index in [9.17, 15) is 8.42 Å². The van der Waals surface area contributed by atoms with Crippen LogP contribution in [-0.4, -0.2) is 44.2 Å². The van der Waals surface area contributed by atoms with Crippen LogP contribution in [0, 0.1) is 0 Å². The second kappa shape index (κ2) is 5.27. The predicted molar refractivity (Wildman–Crippen MR) is 62.3 cm³/mol. The Morgan fingerprint density at radius 3 is 2.53 bits per heavy atom. The monoisotopic (exact) mass is 234 g/mol. The standard InChI is InChI=1S/C10H22N2O2S/c1-4-7-12(3)15(13,14)9(2)8-11-10-5-6-10/h9-11H,4-8H2,1-3H3. The Hall–Kier alpha value is -0.130. The third-order valence-electron chi connectivity index (χ3n) is 2.75. The zero-order valence-corrected chi connectivity index (χ0v) is 10.7. The van der Waals surface area contributed by atoms with Gasteiger partial charge in [-0.2, -0.15) is 0 Å². The number of nitrogens with zero attached hydrogens (tertiary/aromatic N) is 1. The Morgan fingerprint density at radius 2 is 2.07 bits per heavy atom. The van der Waals surface area contributed by atoms with Gasteiger partial charge >= 0.3 is 0 Å². The fourth-order valence-corrected chi connectivity index (χ4v) is 2.83. The third kappa shape index (κ3) is 3.74. The first-order valence-electron chi connectivity index (χ1n) is 5.67. The number of nitrogens with one attached hydrogen (secondary N) is 1. The molecule has 1 atom stereocenters. The smallest absolute Gasteiger partial charge is 0.217 e. The summed E-state index contributed by atoms with van der Waals surface area (Å²) >= 11 is 0. The molecule has 0 amide bonds. The van der Waals surface area contributed by atoms with E-state index in [1.54, 1.807) is 14.0 Å². The summed E-state index contributed by atoms with van der Waals surface area (Å²) in [6.07, 6.45) is 3.24. The molecule has 0 aromatic rings. The molecule has 0 heterocycles. The molecule has 0 aromatic heterocycles. The normalized spacial score (nSPS) is 19.5. The van der Waals surface area contributed by atoms with Crippen molar-refractivity contribution < 1.29 is 8.42 Å². The zero-order chi connectivity index (χ0) is 11.5. The molecule has 4 nitrogen and oxygen atoms in total. The third-order valence-corrected chi connectivity index (χ3v) is 4.99. The van der Waals surface area contributed by atoms with Gasteiger partial charge in [-0.1, -0.05) is 6.92 Å². The molecule has 0 aliphatic heterocycles. The van der Waals surface area contributed by atoms with Crippen LogP contribution in [0.3, 0.4) is 0 Å². The van der Waals surface area contributed by atoms with E-state index in [0.29, 0.717) is 19.1 Å². The molecule has 0 radical (unpaired) electrons. The van der Waals surface area contributed by atoms with Crippen molar-refractivity contribution in [2.45, 2.75) is 44.4 Å². The molecule has 1 rings (SSSR count). The summed E-state index contributed by atoms with van der Waals surface area (Å²) in [6, 6.07) is 0.569. The Bertz CT molecular complexity index is 286. The van der Waals surface area contributed by atoms with Gasteiger partial charge in [0.05, 0.1) is 5.25 Å². The van der Waals surface area contributed by atoms with E-state index in [0.717, 1.165) is 6.42 Å². The first-order valence-corrected chi connectivity index (χ1v) is 7.17. The molecule has 1 N–H and O–H groups in total. The predicted octanol–water partition coefficient (Wildman–Crippen LogP) is 0.798. The highest BCUT2D eigenvalue weighted by Gasteiger charge is 2.28. The van der Waals surface area contributed by atoms with Crippen LogP contribution in [0.4, 0.5) is 0 Å². The Labute approximate surface area is 93.1 Å². The van der Waals surface area contributed by atoms with Crippen molar-refractivity contribution in [3.05, 3.63) is 0 Å². The van der Waals surface area contributed by atoms with Crippen molar-refractivity contribution in [3.8, 4) is 0 Å². The van der Waals surface area contributed by atoms with E-state index in [1.807, 2.05) is 6.92 Å². The molecule has 0 saturated heterocycles. The van der Waals surface area contributed by atoms with Crippen LogP contribution < -0.4 is 5.32 Å². The quantitative estimate of drug-likeness (QED) is 0.709. The van der Waals surface area contributed by atoms with Crippen LogP contribution in [-0.2, 0) is 10.0 Å². The largest absolute Gasteiger partial charge is 0.313 e. The summed E-state index contributed by atoms with van der Waals surface area (Å²) < 4.78 is 25.3. The molecule has 0 bridgehead atoms. The van der Waals surface area contributed by atoms with Crippen LogP contribution in [0.2, 0.25) is 0 Å². The highest BCUT2D eigenvalue weighted by atomic mass is 32.2. The van der Waals surface area contributed by atoms with Crippen LogP contribution in [0.1, 0.15) is 33.1 Å². The Morgan fingerprint density at radius 1 is 1.47 bits per heavy atom. The Balaban J connectivity index is 2.42. The molecule has 1 aliphatic rings. The first-order chi connectivity index (χ1) is 6.98. The minimum absolute atomic E-state index is 0.324. The van der Waals surface area contributed by atoms with E-state index >= 15 is 0 Å². The summed E-state index contributed by atoms with van der Waals surface area (Å²) in [5.74, 6) is 0. The summed E-state index contributed by atoms with van der Waals surface area (Å²) in [7, 11) is -1.44. The van der Waals surface area contributed by atoms with Crippen molar-refractivity contribution in [2.24, 2.45) is 0 Å². The van der Waals surface area contributed by atoms with E-state index < -0.39 is 10.0 Å². The van der Waals surface area contributed by atoms with Crippen LogP contribution >= 0.6 is 0 Å². The van der Waals surface area contributed by atoms with E-state index in [2.05, 4.69) is 5.32 Å². The van der Waals surface area contributed by atoms with Crippen LogP contribution in [0.5, 0.6) is 0 Å². The average molecular weight is 234 g/mol. The minimum atomic E-state index is -3.10. The van der Waals surface area contributed by atoms with Gasteiger partial charge in [-0.3, -0.25) is 0 Å². The lowest BCUT2D eigenvalue weighted by Crippen LogP contribution is -2.40. The SMILES string of the molecule is CCCN(C)S(=O)(=O)C(C)CNC1CC1. The Kier molecular flexibility index (Phi) is 4.55. The lowest BCUT2D eigenvalue weighted by molar-refractivity contribution is 0.455. The summed E-state index contributed by atoms with van der Waals surface area (Å²) in [5, 5.41) is 2.93. The van der Waals surface area contributed by atoms with Gasteiger partial charge in [-0.25, -0.2) is 12.7 Å². The van der Waals surface area contributed by atoms with Crippen molar-refractivity contribution in [1.29, 1.82) is 0 Å². The van der Waals surface area contributed by atoms with Gasteiger partial charge in [-0.15, -0.1) is 0 Å². The molecule has 15 heavy (non-hydrogen) atoms. The minimum Gasteiger partial charge on any atom is -0.313 e. The van der Waals surface area contributed by atoms with Crippen molar-refractivity contribution in [2.75, 3.05) is 20.1 Å². The lowest BCUT2D eigenvalue weighted by Gasteiger charge is -2.21. The topological polar surface area (TPSA) is 49.4 Å². The molecule has 1 saturated carbocycles. The fraction of sp³-hybridized carbons (Fsp3) is 1.00. The van der Waals surface area contributed by atoms with Crippen molar-refractivity contribution in [1.82, 2.24) is 9.62 Å². The van der Waals surface area contributed by atoms with Gasteiger partial charge in [0.15, 0.2) is 0 Å². The molecule has 1 unspecified atom stereocenters. The maximum atomic E-state index is 11.9. The van der Waals surface area contributed by atoms with Gasteiger partial charge in [-0.05, 0) is 26.2 Å². The number of hydrogen-bond acceptors (Lipinski definition) is 3. The molecule has 1 aliphatic carbocycles. The molecule has 90 valence electrons. The maximum absolute atomic E-state index is 11.9. The van der Waals surface area contributed by atoms with Gasteiger partial charge in [0.25, 0.3) is 0 Å². The number of sulfonamides is 1. The van der Waals surface area contributed by atoms with Crippen LogP contribution in [0.15, 0.2) is 0 Å². The zero-order valence-electron chi connectivity index (χ0n) is 9.86. The highest BCUT2D eigenvalue weighted by molar-refractivity contribution is 7.89. The van der Waals surface area contributed by atoms with E-state index in [-0.39, 0.29) is 5.25 Å². The van der Waals surface area contributed by atoms with E-state index in [1.165, 1.54) is 17.1 Å². The first kappa shape index (κ1) is 12.9. The molecule has 0 aromatic carbocycles. The average Bonchev–Trinajstić information content (AvgIpc) is 2.97. The molecular formula is C10H22N2O2S. The van der Waals surface area contributed by atoms with Gasteiger partial charge in [0.2, 0.25) is 10.0 Å². The molecule has 1 fully saturated rings. The number of hydrogen-bond donors (Lipinski definition) is 1. The van der Waals surface area contributed by atoms with Crippen molar-refractivity contribution >= 4 is 10.0 Å². The van der Waals surface area contributed by atoms with Gasteiger partial charge in [0, 0.05) is 26.2 Å². The van der Waals surface area contributed by atoms with Crippen molar-refractivity contribution in [3.63, 3.8) is 0 Å². The molecule has 5 heteroatoms. The molecular weight excluding hydrogens is 212 g/mol. The second-order valence-corrected chi connectivity index (χ2v) is 6.82. The van der Waals surface area contributed by atoms with Gasteiger partial charge in [0.1, 0.15) is 0 Å². The second-order valence-electron chi connectivity index (χ2n) is 4.36. The van der Waals surface area contributed by atoms with E-state index in [4.69, 9.17) is 0 Å². The maximum Gasteiger partial charge on any atom is 0.217 e. The summed E-state index contributed by atoms with van der Waals surface area (Å²) in [5.41, 5.74) is 0. The van der Waals surface area contributed by atoms with Gasteiger partial charge < -0.3 is 5.32 Å². The lowest BCUT2D eigenvalue weighted by atomic mass is 10.4.